The normalized spacial score (nSPS) is 12.1. The molecule has 1 unspecified atom stereocenters. The number of carbonyl (C=O) groups is 1. The van der Waals surface area contributed by atoms with Crippen LogP contribution in [0.15, 0.2) is 53.2 Å². The molecular weight excluding hydrogens is 384 g/mol. The third kappa shape index (κ3) is 4.31. The van der Waals surface area contributed by atoms with Gasteiger partial charge in [-0.15, -0.1) is 0 Å². The molecule has 0 fully saturated rings. The number of urea groups is 1. The molecule has 154 valence electrons. The molecule has 3 aromatic heterocycles. The van der Waals surface area contributed by atoms with Gasteiger partial charge in [-0.3, -0.25) is 10.4 Å². The van der Waals surface area contributed by atoms with Crippen LogP contribution in [-0.4, -0.2) is 39.6 Å². The summed E-state index contributed by atoms with van der Waals surface area (Å²) >= 11 is 0. The second kappa shape index (κ2) is 8.75. The number of aromatic amines is 1. The molecule has 30 heavy (non-hydrogen) atoms. The van der Waals surface area contributed by atoms with Gasteiger partial charge in [0.25, 0.3) is 0 Å². The third-order valence-corrected chi connectivity index (χ3v) is 4.56. The number of aromatic nitrogens is 4. The van der Waals surface area contributed by atoms with Crippen molar-refractivity contribution in [3.05, 3.63) is 60.0 Å². The number of nitrogens with zero attached hydrogens (tertiary/aromatic N) is 3. The number of benzene rings is 1. The molecule has 2 amide bonds. The first kappa shape index (κ1) is 19.6. The van der Waals surface area contributed by atoms with Crippen molar-refractivity contribution in [3.63, 3.8) is 0 Å². The first-order valence-corrected chi connectivity index (χ1v) is 9.62. The second-order valence-corrected chi connectivity index (χ2v) is 6.73. The number of carbonyl (C=O) groups excluding carboxylic acids is 1. The zero-order valence-electron chi connectivity index (χ0n) is 16.7. The van der Waals surface area contributed by atoms with Gasteiger partial charge in [0, 0.05) is 30.3 Å². The van der Waals surface area contributed by atoms with Crippen LogP contribution in [0, 0.1) is 6.92 Å². The quantitative estimate of drug-likeness (QED) is 0.429. The highest BCUT2D eigenvalue weighted by atomic mass is 16.5. The Morgan fingerprint density at radius 1 is 1.27 bits per heavy atom. The summed E-state index contributed by atoms with van der Waals surface area (Å²) in [5.41, 5.74) is 2.96. The Kier molecular flexibility index (Phi) is 5.71. The number of pyridine rings is 1. The van der Waals surface area contributed by atoms with E-state index in [2.05, 4.69) is 31.0 Å². The summed E-state index contributed by atoms with van der Waals surface area (Å²) in [6.07, 6.45) is 1.64. The van der Waals surface area contributed by atoms with Crippen molar-refractivity contribution in [1.82, 2.24) is 25.7 Å². The van der Waals surface area contributed by atoms with E-state index in [4.69, 9.17) is 9.26 Å². The number of H-pyrrole nitrogens is 1. The maximum Gasteiger partial charge on any atom is 0.320 e. The molecule has 4 rings (SSSR count). The molecule has 3 N–H and O–H groups in total. The van der Waals surface area contributed by atoms with E-state index in [1.54, 1.807) is 18.3 Å². The van der Waals surface area contributed by atoms with Crippen LogP contribution in [0.4, 0.5) is 10.6 Å². The maximum atomic E-state index is 12.6. The summed E-state index contributed by atoms with van der Waals surface area (Å²) in [5, 5.41) is 17.7. The van der Waals surface area contributed by atoms with Gasteiger partial charge in [0.1, 0.15) is 23.0 Å². The van der Waals surface area contributed by atoms with Crippen LogP contribution in [0.5, 0.6) is 0 Å². The topological polar surface area (TPSA) is 118 Å². The number of rotatable bonds is 7. The lowest BCUT2D eigenvalue weighted by atomic mass is 10.1. The lowest BCUT2D eigenvalue weighted by molar-refractivity contribution is 0.125. The number of hydrogen-bond acceptors (Lipinski definition) is 6. The van der Waals surface area contributed by atoms with Gasteiger partial charge in [-0.05, 0) is 19.4 Å². The van der Waals surface area contributed by atoms with Crippen molar-refractivity contribution in [1.29, 1.82) is 0 Å². The summed E-state index contributed by atoms with van der Waals surface area (Å²) in [6.45, 7) is 4.68. The molecule has 0 radical (unpaired) electrons. The molecule has 1 aromatic carbocycles. The number of amides is 2. The fraction of sp³-hybridized carbons (Fsp3) is 0.238. The van der Waals surface area contributed by atoms with E-state index in [0.29, 0.717) is 36.2 Å². The highest BCUT2D eigenvalue weighted by molar-refractivity contribution is 5.95. The number of ether oxygens (including phenoxy) is 1. The van der Waals surface area contributed by atoms with Crippen LogP contribution in [-0.2, 0) is 4.74 Å². The van der Waals surface area contributed by atoms with E-state index in [0.717, 1.165) is 16.5 Å². The van der Waals surface area contributed by atoms with E-state index in [-0.39, 0.29) is 12.1 Å². The highest BCUT2D eigenvalue weighted by Crippen LogP contribution is 2.26. The van der Waals surface area contributed by atoms with Crippen molar-refractivity contribution < 1.29 is 14.1 Å². The zero-order valence-corrected chi connectivity index (χ0v) is 16.7. The minimum absolute atomic E-state index is 0.274. The SMILES string of the molecule is CCOCC(NC(=O)Nc1cc2[nH]nc(-c3cc(C)on3)c2cn1)c1ccccc1. The summed E-state index contributed by atoms with van der Waals surface area (Å²) < 4.78 is 10.6. The Balaban J connectivity index is 1.48. The first-order chi connectivity index (χ1) is 14.6. The number of anilines is 1. The molecule has 0 bridgehead atoms. The first-order valence-electron chi connectivity index (χ1n) is 9.62. The molecule has 0 spiro atoms. The smallest absolute Gasteiger partial charge is 0.320 e. The summed E-state index contributed by atoms with van der Waals surface area (Å²) in [6, 6.07) is 12.6. The minimum Gasteiger partial charge on any atom is -0.379 e. The van der Waals surface area contributed by atoms with E-state index < -0.39 is 0 Å². The molecule has 9 heteroatoms. The van der Waals surface area contributed by atoms with Crippen LogP contribution in [0.25, 0.3) is 22.3 Å². The summed E-state index contributed by atoms with van der Waals surface area (Å²) in [7, 11) is 0. The predicted octanol–water partition coefficient (Wildman–Crippen LogP) is 3.82. The molecule has 0 aliphatic carbocycles. The Labute approximate surface area is 172 Å². The number of nitrogens with one attached hydrogen (secondary N) is 3. The lowest BCUT2D eigenvalue weighted by Crippen LogP contribution is -2.35. The van der Waals surface area contributed by atoms with Crippen molar-refractivity contribution in [2.75, 3.05) is 18.5 Å². The Morgan fingerprint density at radius 2 is 2.10 bits per heavy atom. The third-order valence-electron chi connectivity index (χ3n) is 4.56. The lowest BCUT2D eigenvalue weighted by Gasteiger charge is -2.19. The van der Waals surface area contributed by atoms with Gasteiger partial charge in [-0.25, -0.2) is 9.78 Å². The summed E-state index contributed by atoms with van der Waals surface area (Å²) in [4.78, 5) is 16.9. The molecule has 0 saturated heterocycles. The number of aryl methyl sites for hydroxylation is 1. The fourth-order valence-electron chi connectivity index (χ4n) is 3.11. The number of fused-ring (bicyclic) bond motifs is 1. The van der Waals surface area contributed by atoms with Crippen LogP contribution in [0.2, 0.25) is 0 Å². The largest absolute Gasteiger partial charge is 0.379 e. The van der Waals surface area contributed by atoms with Gasteiger partial charge < -0.3 is 14.6 Å². The van der Waals surface area contributed by atoms with E-state index >= 15 is 0 Å². The average Bonchev–Trinajstić information content (AvgIpc) is 3.37. The van der Waals surface area contributed by atoms with Crippen LogP contribution >= 0.6 is 0 Å². The molecule has 0 aliphatic rings. The number of hydrogen-bond donors (Lipinski definition) is 3. The van der Waals surface area contributed by atoms with Gasteiger partial charge >= 0.3 is 6.03 Å². The van der Waals surface area contributed by atoms with E-state index in [1.807, 2.05) is 44.2 Å². The Morgan fingerprint density at radius 3 is 2.83 bits per heavy atom. The van der Waals surface area contributed by atoms with Crippen molar-refractivity contribution in [2.24, 2.45) is 0 Å². The molecule has 1 atom stereocenters. The van der Waals surface area contributed by atoms with Crippen molar-refractivity contribution in [2.45, 2.75) is 19.9 Å². The molecular formula is C21H22N6O3. The van der Waals surface area contributed by atoms with Crippen LogP contribution in [0.1, 0.15) is 24.3 Å². The maximum absolute atomic E-state index is 12.6. The van der Waals surface area contributed by atoms with Gasteiger partial charge in [0.05, 0.1) is 18.2 Å². The van der Waals surface area contributed by atoms with Crippen molar-refractivity contribution >= 4 is 22.8 Å². The molecule has 4 aromatic rings. The molecule has 0 saturated carbocycles. The van der Waals surface area contributed by atoms with Crippen molar-refractivity contribution in [3.8, 4) is 11.4 Å². The second-order valence-electron chi connectivity index (χ2n) is 6.73. The van der Waals surface area contributed by atoms with Gasteiger partial charge in [0.15, 0.2) is 0 Å². The predicted molar refractivity (Wildman–Crippen MR) is 112 cm³/mol. The molecule has 0 aliphatic heterocycles. The van der Waals surface area contributed by atoms with Gasteiger partial charge in [-0.2, -0.15) is 5.10 Å². The standard InChI is InChI=1S/C21H22N6O3/c1-3-29-12-18(14-7-5-4-6-8-14)23-21(28)24-19-10-16-15(11-22-19)20(26-25-16)17-9-13(2)30-27-17/h4-11,18H,3,12H2,1-2H3,(H,25,26)(H2,22,23,24,28). The average molecular weight is 406 g/mol. The van der Waals surface area contributed by atoms with Crippen LogP contribution < -0.4 is 10.6 Å². The molecule has 3 heterocycles. The summed E-state index contributed by atoms with van der Waals surface area (Å²) in [5.74, 6) is 1.10. The Bertz CT molecular complexity index is 1140. The minimum atomic E-state index is -0.373. The van der Waals surface area contributed by atoms with E-state index in [1.165, 1.54) is 0 Å². The van der Waals surface area contributed by atoms with Crippen LogP contribution in [0.3, 0.4) is 0 Å². The Hall–Kier alpha value is -3.72. The highest BCUT2D eigenvalue weighted by Gasteiger charge is 2.17. The monoisotopic (exact) mass is 406 g/mol. The molecule has 9 nitrogen and oxygen atoms in total. The fourth-order valence-corrected chi connectivity index (χ4v) is 3.11. The van der Waals surface area contributed by atoms with Gasteiger partial charge in [-0.1, -0.05) is 35.5 Å². The zero-order chi connectivity index (χ0) is 20.9. The van der Waals surface area contributed by atoms with Gasteiger partial charge in [0.2, 0.25) is 0 Å². The van der Waals surface area contributed by atoms with E-state index in [9.17, 15) is 4.79 Å².